The number of nitrogens with zero attached hydrogens (tertiary/aromatic N) is 1. The van der Waals surface area contributed by atoms with Gasteiger partial charge >= 0.3 is 0 Å². The molecule has 1 atom stereocenters. The van der Waals surface area contributed by atoms with E-state index in [2.05, 4.69) is 20.9 Å². The van der Waals surface area contributed by atoms with E-state index in [-0.39, 0.29) is 6.04 Å². The minimum Gasteiger partial charge on any atom is -0.320 e. The molecule has 2 aromatic rings. The summed E-state index contributed by atoms with van der Waals surface area (Å²) in [6.45, 7) is 0. The van der Waals surface area contributed by atoms with Crippen LogP contribution in [0.2, 0.25) is 5.02 Å². The van der Waals surface area contributed by atoms with Gasteiger partial charge in [-0.3, -0.25) is 4.98 Å². The Kier molecular flexibility index (Phi) is 3.59. The Morgan fingerprint density at radius 3 is 2.69 bits per heavy atom. The Morgan fingerprint density at radius 1 is 1.25 bits per heavy atom. The quantitative estimate of drug-likeness (QED) is 0.921. The second-order valence-electron chi connectivity index (χ2n) is 3.44. The summed E-state index contributed by atoms with van der Waals surface area (Å²) in [5.74, 6) is 0. The van der Waals surface area contributed by atoms with Gasteiger partial charge in [-0.2, -0.15) is 0 Å². The molecule has 0 aliphatic heterocycles. The molecule has 4 heteroatoms. The van der Waals surface area contributed by atoms with Crippen molar-refractivity contribution in [3.8, 4) is 0 Å². The minimum absolute atomic E-state index is 0.195. The molecule has 0 saturated carbocycles. The summed E-state index contributed by atoms with van der Waals surface area (Å²) in [6.07, 6.45) is 3.49. The minimum atomic E-state index is -0.195. The number of benzene rings is 1. The summed E-state index contributed by atoms with van der Waals surface area (Å²) in [4.78, 5) is 4.05. The van der Waals surface area contributed by atoms with Gasteiger partial charge in [-0.1, -0.05) is 23.7 Å². The van der Waals surface area contributed by atoms with Crippen LogP contribution < -0.4 is 5.73 Å². The van der Waals surface area contributed by atoms with Crippen LogP contribution in [0, 0.1) is 0 Å². The van der Waals surface area contributed by atoms with Crippen molar-refractivity contribution in [3.05, 3.63) is 63.3 Å². The van der Waals surface area contributed by atoms with Crippen molar-refractivity contribution in [1.82, 2.24) is 4.98 Å². The second kappa shape index (κ2) is 4.95. The van der Waals surface area contributed by atoms with Crippen molar-refractivity contribution in [2.75, 3.05) is 0 Å². The first-order chi connectivity index (χ1) is 7.68. The van der Waals surface area contributed by atoms with Gasteiger partial charge in [-0.05, 0) is 45.3 Å². The molecular weight excluding hydrogens is 288 g/mol. The topological polar surface area (TPSA) is 38.9 Å². The van der Waals surface area contributed by atoms with Crippen molar-refractivity contribution < 1.29 is 0 Å². The fraction of sp³-hybridized carbons (Fsp3) is 0.0833. The van der Waals surface area contributed by atoms with Crippen molar-refractivity contribution in [3.63, 3.8) is 0 Å². The first kappa shape index (κ1) is 11.6. The predicted molar refractivity (Wildman–Crippen MR) is 69.4 cm³/mol. The first-order valence-corrected chi connectivity index (χ1v) is 5.96. The molecule has 2 rings (SSSR count). The number of nitrogens with two attached hydrogens (primary N) is 1. The smallest absolute Gasteiger partial charge is 0.0567 e. The van der Waals surface area contributed by atoms with Crippen LogP contribution in [0.5, 0.6) is 0 Å². The Balaban J connectivity index is 2.34. The van der Waals surface area contributed by atoms with E-state index in [0.29, 0.717) is 5.02 Å². The molecule has 0 aliphatic carbocycles. The van der Waals surface area contributed by atoms with E-state index < -0.39 is 0 Å². The SMILES string of the molecule is NC(c1cccnc1)c1ccc(Br)c(Cl)c1. The van der Waals surface area contributed by atoms with Gasteiger partial charge in [-0.15, -0.1) is 0 Å². The number of aromatic nitrogens is 1. The van der Waals surface area contributed by atoms with Crippen LogP contribution in [0.25, 0.3) is 0 Å². The molecule has 16 heavy (non-hydrogen) atoms. The first-order valence-electron chi connectivity index (χ1n) is 4.79. The van der Waals surface area contributed by atoms with Crippen LogP contribution in [-0.2, 0) is 0 Å². The van der Waals surface area contributed by atoms with E-state index in [1.807, 2.05) is 30.3 Å². The number of hydrogen-bond donors (Lipinski definition) is 1. The van der Waals surface area contributed by atoms with E-state index in [1.54, 1.807) is 12.4 Å². The van der Waals surface area contributed by atoms with E-state index in [0.717, 1.165) is 15.6 Å². The monoisotopic (exact) mass is 296 g/mol. The number of pyridine rings is 1. The molecule has 2 N–H and O–H groups in total. The molecule has 0 spiro atoms. The summed E-state index contributed by atoms with van der Waals surface area (Å²) in [7, 11) is 0. The Labute approximate surface area is 108 Å². The zero-order valence-corrected chi connectivity index (χ0v) is 10.7. The average Bonchev–Trinajstić information content (AvgIpc) is 2.33. The third-order valence-corrected chi connectivity index (χ3v) is 3.58. The van der Waals surface area contributed by atoms with Gasteiger partial charge in [0.15, 0.2) is 0 Å². The van der Waals surface area contributed by atoms with Crippen LogP contribution in [0.3, 0.4) is 0 Å². The number of rotatable bonds is 2. The zero-order chi connectivity index (χ0) is 11.5. The predicted octanol–water partition coefficient (Wildman–Crippen LogP) is 3.55. The molecule has 82 valence electrons. The molecule has 1 heterocycles. The van der Waals surface area contributed by atoms with Crippen LogP contribution in [0.15, 0.2) is 47.2 Å². The van der Waals surface area contributed by atoms with E-state index in [9.17, 15) is 0 Å². The van der Waals surface area contributed by atoms with E-state index in [4.69, 9.17) is 17.3 Å². The number of halogens is 2. The van der Waals surface area contributed by atoms with Gasteiger partial charge in [0, 0.05) is 16.9 Å². The average molecular weight is 298 g/mol. The highest BCUT2D eigenvalue weighted by Gasteiger charge is 2.10. The Bertz CT molecular complexity index is 488. The lowest BCUT2D eigenvalue weighted by Gasteiger charge is -2.12. The second-order valence-corrected chi connectivity index (χ2v) is 4.70. The van der Waals surface area contributed by atoms with Crippen LogP contribution in [0.1, 0.15) is 17.2 Å². The van der Waals surface area contributed by atoms with Crippen molar-refractivity contribution in [2.24, 2.45) is 5.73 Å². The molecule has 0 radical (unpaired) electrons. The van der Waals surface area contributed by atoms with Crippen molar-refractivity contribution >= 4 is 27.5 Å². The molecule has 1 aromatic carbocycles. The van der Waals surface area contributed by atoms with Crippen LogP contribution in [-0.4, -0.2) is 4.98 Å². The van der Waals surface area contributed by atoms with Gasteiger partial charge in [0.25, 0.3) is 0 Å². The van der Waals surface area contributed by atoms with Gasteiger partial charge in [0.1, 0.15) is 0 Å². The van der Waals surface area contributed by atoms with Crippen LogP contribution in [0.4, 0.5) is 0 Å². The molecule has 0 fully saturated rings. The lowest BCUT2D eigenvalue weighted by Crippen LogP contribution is -2.11. The van der Waals surface area contributed by atoms with Crippen molar-refractivity contribution in [1.29, 1.82) is 0 Å². The molecule has 2 nitrogen and oxygen atoms in total. The van der Waals surface area contributed by atoms with Crippen LogP contribution >= 0.6 is 27.5 Å². The maximum atomic E-state index is 6.12. The van der Waals surface area contributed by atoms with Gasteiger partial charge in [0.05, 0.1) is 11.1 Å². The molecule has 1 unspecified atom stereocenters. The maximum Gasteiger partial charge on any atom is 0.0567 e. The van der Waals surface area contributed by atoms with Gasteiger partial charge in [0.2, 0.25) is 0 Å². The van der Waals surface area contributed by atoms with Gasteiger partial charge in [-0.25, -0.2) is 0 Å². The van der Waals surface area contributed by atoms with E-state index in [1.165, 1.54) is 0 Å². The van der Waals surface area contributed by atoms with Gasteiger partial charge < -0.3 is 5.73 Å². The summed E-state index contributed by atoms with van der Waals surface area (Å²) >= 11 is 9.38. The highest BCUT2D eigenvalue weighted by Crippen LogP contribution is 2.27. The summed E-state index contributed by atoms with van der Waals surface area (Å²) in [5.41, 5.74) is 8.07. The Morgan fingerprint density at radius 2 is 2.06 bits per heavy atom. The fourth-order valence-electron chi connectivity index (χ4n) is 1.46. The largest absolute Gasteiger partial charge is 0.320 e. The standard InChI is InChI=1S/C12H10BrClN2/c13-10-4-3-8(6-11(10)14)12(15)9-2-1-5-16-7-9/h1-7,12H,15H2. The lowest BCUT2D eigenvalue weighted by atomic mass is 10.0. The lowest BCUT2D eigenvalue weighted by molar-refractivity contribution is 0.863. The molecule has 0 amide bonds. The molecule has 0 aliphatic rings. The summed E-state index contributed by atoms with van der Waals surface area (Å²) in [5, 5.41) is 0.664. The highest BCUT2D eigenvalue weighted by molar-refractivity contribution is 9.10. The van der Waals surface area contributed by atoms with Crippen molar-refractivity contribution in [2.45, 2.75) is 6.04 Å². The summed E-state index contributed by atoms with van der Waals surface area (Å²) < 4.78 is 0.872. The van der Waals surface area contributed by atoms with E-state index >= 15 is 0 Å². The zero-order valence-electron chi connectivity index (χ0n) is 8.40. The number of hydrogen-bond acceptors (Lipinski definition) is 2. The highest BCUT2D eigenvalue weighted by atomic mass is 79.9. The maximum absolute atomic E-state index is 6.12. The Hall–Kier alpha value is -0.900. The molecule has 1 aromatic heterocycles. The molecular formula is C12H10BrClN2. The normalized spacial score (nSPS) is 12.4. The third kappa shape index (κ3) is 2.43. The molecule has 0 saturated heterocycles. The summed E-state index contributed by atoms with van der Waals surface area (Å²) in [6, 6.07) is 9.34. The molecule has 0 bridgehead atoms. The third-order valence-electron chi connectivity index (χ3n) is 2.35. The fourth-order valence-corrected chi connectivity index (χ4v) is 1.89.